The van der Waals surface area contributed by atoms with Gasteiger partial charge in [-0.3, -0.25) is 0 Å². The third kappa shape index (κ3) is 3.05. The summed E-state index contributed by atoms with van der Waals surface area (Å²) in [6.45, 7) is 0. The summed E-state index contributed by atoms with van der Waals surface area (Å²) in [6, 6.07) is 17.8. The molecule has 106 valence electrons. The first kappa shape index (κ1) is 13.6. The highest BCUT2D eigenvalue weighted by atomic mass is 32.2. The lowest BCUT2D eigenvalue weighted by molar-refractivity contribution is 0.411. The molecule has 0 bridgehead atoms. The number of rotatable bonds is 5. The van der Waals surface area contributed by atoms with Crippen molar-refractivity contribution in [3.05, 3.63) is 60.2 Å². The van der Waals surface area contributed by atoms with Gasteiger partial charge in [0, 0.05) is 11.3 Å². The molecule has 0 spiro atoms. The SMILES string of the molecule is COc1ccccc1CSc1nnnn1-c1ccccc1. The van der Waals surface area contributed by atoms with E-state index in [1.165, 1.54) is 0 Å². The highest BCUT2D eigenvalue weighted by Crippen LogP contribution is 2.27. The Morgan fingerprint density at radius 1 is 1.05 bits per heavy atom. The maximum absolute atomic E-state index is 5.36. The predicted molar refractivity (Wildman–Crippen MR) is 81.7 cm³/mol. The molecule has 3 rings (SSSR count). The van der Waals surface area contributed by atoms with Crippen molar-refractivity contribution < 1.29 is 4.74 Å². The minimum absolute atomic E-state index is 0.747. The summed E-state index contributed by atoms with van der Waals surface area (Å²) in [4.78, 5) is 0. The average molecular weight is 298 g/mol. The van der Waals surface area contributed by atoms with E-state index >= 15 is 0 Å². The molecule has 2 aromatic carbocycles. The van der Waals surface area contributed by atoms with Gasteiger partial charge in [0.15, 0.2) is 0 Å². The summed E-state index contributed by atoms with van der Waals surface area (Å²) in [7, 11) is 1.68. The van der Waals surface area contributed by atoms with Crippen molar-refractivity contribution in [2.24, 2.45) is 0 Å². The second kappa shape index (κ2) is 6.41. The van der Waals surface area contributed by atoms with Crippen LogP contribution in [0.5, 0.6) is 5.75 Å². The quantitative estimate of drug-likeness (QED) is 0.678. The van der Waals surface area contributed by atoms with Gasteiger partial charge >= 0.3 is 0 Å². The Kier molecular flexibility index (Phi) is 4.16. The van der Waals surface area contributed by atoms with Crippen LogP contribution in [0.25, 0.3) is 5.69 Å². The summed E-state index contributed by atoms with van der Waals surface area (Å²) < 4.78 is 7.09. The summed E-state index contributed by atoms with van der Waals surface area (Å²) >= 11 is 1.58. The molecule has 0 N–H and O–H groups in total. The van der Waals surface area contributed by atoms with Crippen molar-refractivity contribution in [2.45, 2.75) is 10.9 Å². The molecule has 0 atom stereocenters. The number of para-hydroxylation sites is 2. The first-order valence-electron chi connectivity index (χ1n) is 6.47. The largest absolute Gasteiger partial charge is 0.496 e. The fourth-order valence-corrected chi connectivity index (χ4v) is 2.85. The lowest BCUT2D eigenvalue weighted by Gasteiger charge is -2.07. The van der Waals surface area contributed by atoms with Crippen molar-refractivity contribution in [1.82, 2.24) is 20.2 Å². The molecule has 0 fully saturated rings. The average Bonchev–Trinajstić information content (AvgIpc) is 3.02. The summed E-state index contributed by atoms with van der Waals surface area (Å²) in [5.74, 6) is 1.63. The minimum Gasteiger partial charge on any atom is -0.496 e. The Labute approximate surface area is 126 Å². The Morgan fingerprint density at radius 2 is 1.81 bits per heavy atom. The van der Waals surface area contributed by atoms with Gasteiger partial charge in [-0.25, -0.2) is 0 Å². The molecule has 0 aliphatic heterocycles. The summed E-state index contributed by atoms with van der Waals surface area (Å²) in [5.41, 5.74) is 2.07. The van der Waals surface area contributed by atoms with Gasteiger partial charge in [0.25, 0.3) is 0 Å². The van der Waals surface area contributed by atoms with Crippen LogP contribution in [0.2, 0.25) is 0 Å². The zero-order valence-corrected chi connectivity index (χ0v) is 12.3. The maximum Gasteiger partial charge on any atom is 0.214 e. The van der Waals surface area contributed by atoms with Crippen molar-refractivity contribution in [3.63, 3.8) is 0 Å². The molecule has 6 heteroatoms. The lowest BCUT2D eigenvalue weighted by Crippen LogP contribution is -1.99. The zero-order chi connectivity index (χ0) is 14.5. The van der Waals surface area contributed by atoms with Gasteiger partial charge < -0.3 is 4.74 Å². The molecule has 0 amide bonds. The van der Waals surface area contributed by atoms with Crippen LogP contribution < -0.4 is 4.74 Å². The van der Waals surface area contributed by atoms with E-state index in [4.69, 9.17) is 4.74 Å². The molecule has 0 aliphatic carbocycles. The van der Waals surface area contributed by atoms with E-state index in [0.29, 0.717) is 0 Å². The van der Waals surface area contributed by atoms with Gasteiger partial charge in [0.05, 0.1) is 12.8 Å². The number of tetrazole rings is 1. The number of nitrogens with zero attached hydrogens (tertiary/aromatic N) is 4. The molecule has 3 aromatic rings. The van der Waals surface area contributed by atoms with E-state index in [9.17, 15) is 0 Å². The molecule has 0 radical (unpaired) electrons. The number of ether oxygens (including phenoxy) is 1. The molecular formula is C15H14N4OS. The van der Waals surface area contributed by atoms with E-state index in [1.807, 2.05) is 54.6 Å². The first-order valence-corrected chi connectivity index (χ1v) is 7.45. The number of benzene rings is 2. The van der Waals surface area contributed by atoms with Crippen molar-refractivity contribution in [1.29, 1.82) is 0 Å². The third-order valence-electron chi connectivity index (χ3n) is 2.99. The predicted octanol–water partition coefficient (Wildman–Crippen LogP) is 2.96. The second-order valence-corrected chi connectivity index (χ2v) is 5.25. The smallest absolute Gasteiger partial charge is 0.214 e. The van der Waals surface area contributed by atoms with Gasteiger partial charge in [-0.15, -0.1) is 5.10 Å². The number of methoxy groups -OCH3 is 1. The van der Waals surface area contributed by atoms with Crippen molar-refractivity contribution in [2.75, 3.05) is 7.11 Å². The molecule has 21 heavy (non-hydrogen) atoms. The molecule has 5 nitrogen and oxygen atoms in total. The molecule has 0 aliphatic rings. The van der Waals surface area contributed by atoms with E-state index in [-0.39, 0.29) is 0 Å². The normalized spacial score (nSPS) is 10.5. The highest BCUT2D eigenvalue weighted by molar-refractivity contribution is 7.98. The number of hydrogen-bond donors (Lipinski definition) is 0. The van der Waals surface area contributed by atoms with Crippen LogP contribution in [0.1, 0.15) is 5.56 Å². The van der Waals surface area contributed by atoms with Crippen molar-refractivity contribution >= 4 is 11.8 Å². The van der Waals surface area contributed by atoms with Crippen LogP contribution in [-0.4, -0.2) is 27.3 Å². The van der Waals surface area contributed by atoms with E-state index in [1.54, 1.807) is 23.6 Å². The Balaban J connectivity index is 1.79. The van der Waals surface area contributed by atoms with Crippen LogP contribution in [0, 0.1) is 0 Å². The minimum atomic E-state index is 0.747. The van der Waals surface area contributed by atoms with Gasteiger partial charge in [0.2, 0.25) is 5.16 Å². The molecule has 0 saturated heterocycles. The fourth-order valence-electron chi connectivity index (χ4n) is 1.96. The van der Waals surface area contributed by atoms with Gasteiger partial charge in [-0.2, -0.15) is 4.68 Å². The van der Waals surface area contributed by atoms with Crippen LogP contribution in [0.15, 0.2) is 59.8 Å². The number of thioether (sulfide) groups is 1. The van der Waals surface area contributed by atoms with Gasteiger partial charge in [0.1, 0.15) is 5.75 Å². The molecule has 0 saturated carbocycles. The second-order valence-electron chi connectivity index (χ2n) is 4.31. The lowest BCUT2D eigenvalue weighted by atomic mass is 10.2. The Bertz CT molecular complexity index is 714. The Hall–Kier alpha value is -2.34. The third-order valence-corrected chi connectivity index (χ3v) is 3.96. The fraction of sp³-hybridized carbons (Fsp3) is 0.133. The van der Waals surface area contributed by atoms with E-state index in [0.717, 1.165) is 27.9 Å². The molecule has 1 aromatic heterocycles. The van der Waals surface area contributed by atoms with E-state index < -0.39 is 0 Å². The monoisotopic (exact) mass is 298 g/mol. The van der Waals surface area contributed by atoms with Gasteiger partial charge in [-0.05, 0) is 28.6 Å². The van der Waals surface area contributed by atoms with Gasteiger partial charge in [-0.1, -0.05) is 48.2 Å². The maximum atomic E-state index is 5.36. The van der Waals surface area contributed by atoms with Crippen LogP contribution in [-0.2, 0) is 5.75 Å². The van der Waals surface area contributed by atoms with Crippen LogP contribution in [0.4, 0.5) is 0 Å². The molecule has 1 heterocycles. The summed E-state index contributed by atoms with van der Waals surface area (Å²) in [6.07, 6.45) is 0. The van der Waals surface area contributed by atoms with E-state index in [2.05, 4.69) is 15.5 Å². The highest BCUT2D eigenvalue weighted by Gasteiger charge is 2.10. The van der Waals surface area contributed by atoms with Crippen LogP contribution >= 0.6 is 11.8 Å². The summed E-state index contributed by atoms with van der Waals surface area (Å²) in [5, 5.41) is 12.7. The number of hydrogen-bond acceptors (Lipinski definition) is 5. The topological polar surface area (TPSA) is 52.8 Å². The van der Waals surface area contributed by atoms with Crippen molar-refractivity contribution in [3.8, 4) is 11.4 Å². The van der Waals surface area contributed by atoms with Crippen LogP contribution in [0.3, 0.4) is 0 Å². The Morgan fingerprint density at radius 3 is 2.62 bits per heavy atom. The molecular weight excluding hydrogens is 284 g/mol. The first-order chi connectivity index (χ1) is 10.4. The zero-order valence-electron chi connectivity index (χ0n) is 11.5. The standard InChI is InChI=1S/C15H14N4OS/c1-20-14-10-6-5-7-12(14)11-21-15-16-17-18-19(15)13-8-3-2-4-9-13/h2-10H,11H2,1H3. The molecule has 0 unspecified atom stereocenters. The number of aromatic nitrogens is 4.